The van der Waals surface area contributed by atoms with E-state index in [1.807, 2.05) is 0 Å². The first-order chi connectivity index (χ1) is 15.1. The summed E-state index contributed by atoms with van der Waals surface area (Å²) in [6.07, 6.45) is -3.03. The Labute approximate surface area is 186 Å². The molecule has 2 N–H and O–H groups in total. The number of aromatic nitrogens is 1. The third kappa shape index (κ3) is 5.67. The molecule has 3 rings (SSSR count). The van der Waals surface area contributed by atoms with Crippen molar-refractivity contribution in [3.63, 3.8) is 0 Å². The fourth-order valence-electron chi connectivity index (χ4n) is 3.59. The molecule has 0 spiro atoms. The Morgan fingerprint density at radius 1 is 1.19 bits per heavy atom. The highest BCUT2D eigenvalue weighted by molar-refractivity contribution is 6.33. The minimum atomic E-state index is -4.54. The maximum Gasteiger partial charge on any atom is 0.417 e. The highest BCUT2D eigenvalue weighted by Gasteiger charge is 2.34. The van der Waals surface area contributed by atoms with Gasteiger partial charge in [0.2, 0.25) is 11.8 Å². The smallest absolute Gasteiger partial charge is 0.370 e. The van der Waals surface area contributed by atoms with Crippen molar-refractivity contribution in [3.05, 3.63) is 52.9 Å². The standard InChI is InChI=1S/C21H21ClF4N4O2/c22-17-11-14(21(24,25)26)12-28-19(17)29-8-5-13(6-9-29)20(32)30(10-7-18(27)31)16-3-1-15(23)2-4-16/h1-4,11-13H,5-10H2,(H2,27,31). The lowest BCUT2D eigenvalue weighted by molar-refractivity contribution is -0.137. The van der Waals surface area contributed by atoms with E-state index in [0.29, 0.717) is 31.6 Å². The second-order valence-corrected chi connectivity index (χ2v) is 7.88. The number of halogens is 5. The van der Waals surface area contributed by atoms with E-state index >= 15 is 0 Å². The number of amides is 2. The molecule has 6 nitrogen and oxygen atoms in total. The predicted molar refractivity (Wildman–Crippen MR) is 112 cm³/mol. The van der Waals surface area contributed by atoms with Crippen LogP contribution in [0.4, 0.5) is 29.1 Å². The second kappa shape index (κ2) is 9.72. The van der Waals surface area contributed by atoms with Crippen LogP contribution in [0.5, 0.6) is 0 Å². The Bertz CT molecular complexity index is 977. The lowest BCUT2D eigenvalue weighted by atomic mass is 9.94. The molecular weight excluding hydrogens is 452 g/mol. The number of benzene rings is 1. The predicted octanol–water partition coefficient (Wildman–Crippen LogP) is 4.02. The van der Waals surface area contributed by atoms with Crippen molar-refractivity contribution in [1.29, 1.82) is 0 Å². The van der Waals surface area contributed by atoms with Crippen molar-refractivity contribution >= 4 is 34.9 Å². The average Bonchev–Trinajstić information content (AvgIpc) is 2.74. The van der Waals surface area contributed by atoms with Crippen LogP contribution in [0, 0.1) is 11.7 Å². The summed E-state index contributed by atoms with van der Waals surface area (Å²) in [4.78, 5) is 31.4. The van der Waals surface area contributed by atoms with Crippen LogP contribution in [0.25, 0.3) is 0 Å². The Morgan fingerprint density at radius 2 is 1.81 bits per heavy atom. The Morgan fingerprint density at radius 3 is 2.34 bits per heavy atom. The van der Waals surface area contributed by atoms with Crippen molar-refractivity contribution in [1.82, 2.24) is 4.98 Å². The third-order valence-corrected chi connectivity index (χ3v) is 5.56. The molecule has 2 amide bonds. The van der Waals surface area contributed by atoms with Crippen molar-refractivity contribution in [2.24, 2.45) is 11.7 Å². The van der Waals surface area contributed by atoms with Crippen molar-refractivity contribution in [2.45, 2.75) is 25.4 Å². The van der Waals surface area contributed by atoms with E-state index in [2.05, 4.69) is 4.98 Å². The molecule has 1 fully saturated rings. The highest BCUT2D eigenvalue weighted by Crippen LogP contribution is 2.35. The number of primary amides is 1. The van der Waals surface area contributed by atoms with Gasteiger partial charge >= 0.3 is 6.18 Å². The number of rotatable bonds is 6. The molecule has 1 aliphatic heterocycles. The van der Waals surface area contributed by atoms with Crippen LogP contribution in [0.15, 0.2) is 36.5 Å². The van der Waals surface area contributed by atoms with Crippen LogP contribution in [0.1, 0.15) is 24.8 Å². The molecule has 11 heteroatoms. The van der Waals surface area contributed by atoms with Gasteiger partial charge in [-0.2, -0.15) is 13.2 Å². The molecule has 2 heterocycles. The van der Waals surface area contributed by atoms with Gasteiger partial charge in [0.15, 0.2) is 0 Å². The summed E-state index contributed by atoms with van der Waals surface area (Å²) in [6, 6.07) is 6.19. The van der Waals surface area contributed by atoms with Crippen molar-refractivity contribution < 1.29 is 27.2 Å². The quantitative estimate of drug-likeness (QED) is 0.644. The van der Waals surface area contributed by atoms with E-state index in [1.54, 1.807) is 4.90 Å². The lowest BCUT2D eigenvalue weighted by Gasteiger charge is -2.35. The molecule has 0 bridgehead atoms. The number of nitrogens with zero attached hydrogens (tertiary/aromatic N) is 3. The highest BCUT2D eigenvalue weighted by atomic mass is 35.5. The van der Waals surface area contributed by atoms with Gasteiger partial charge in [-0.05, 0) is 43.2 Å². The number of anilines is 2. The van der Waals surface area contributed by atoms with Gasteiger partial charge in [-0.3, -0.25) is 9.59 Å². The second-order valence-electron chi connectivity index (χ2n) is 7.47. The SMILES string of the molecule is NC(=O)CCN(C(=O)C1CCN(c2ncc(C(F)(F)F)cc2Cl)CC1)c1ccc(F)cc1. The molecule has 1 aliphatic rings. The Kier molecular flexibility index (Phi) is 7.22. The molecule has 0 aliphatic carbocycles. The van der Waals surface area contributed by atoms with Gasteiger partial charge in [-0.15, -0.1) is 0 Å². The summed E-state index contributed by atoms with van der Waals surface area (Å²) in [5.74, 6) is -1.41. The van der Waals surface area contributed by atoms with E-state index in [0.717, 1.165) is 12.3 Å². The third-order valence-electron chi connectivity index (χ3n) is 5.28. The minimum Gasteiger partial charge on any atom is -0.370 e. The number of carbonyl (C=O) groups excluding carboxylic acids is 2. The largest absolute Gasteiger partial charge is 0.417 e. The zero-order valence-corrected chi connectivity index (χ0v) is 17.7. The topological polar surface area (TPSA) is 79.5 Å². The lowest BCUT2D eigenvalue weighted by Crippen LogP contribution is -2.44. The zero-order chi connectivity index (χ0) is 23.5. The van der Waals surface area contributed by atoms with Crippen molar-refractivity contribution in [3.8, 4) is 0 Å². The first-order valence-electron chi connectivity index (χ1n) is 9.89. The van der Waals surface area contributed by atoms with Crippen LogP contribution in [-0.4, -0.2) is 36.4 Å². The van der Waals surface area contributed by atoms with E-state index in [-0.39, 0.29) is 29.7 Å². The van der Waals surface area contributed by atoms with Gasteiger partial charge in [0.1, 0.15) is 11.6 Å². The van der Waals surface area contributed by atoms with Gasteiger partial charge in [0, 0.05) is 43.9 Å². The number of hydrogen-bond acceptors (Lipinski definition) is 4. The summed E-state index contributed by atoms with van der Waals surface area (Å²) < 4.78 is 51.8. The van der Waals surface area contributed by atoms with Gasteiger partial charge in [0.25, 0.3) is 0 Å². The van der Waals surface area contributed by atoms with E-state index in [4.69, 9.17) is 17.3 Å². The number of carbonyl (C=O) groups is 2. The molecule has 0 saturated carbocycles. The summed E-state index contributed by atoms with van der Waals surface area (Å²) >= 11 is 6.03. The van der Waals surface area contributed by atoms with Gasteiger partial charge in [-0.1, -0.05) is 11.6 Å². The van der Waals surface area contributed by atoms with Crippen LogP contribution in [0.2, 0.25) is 5.02 Å². The van der Waals surface area contributed by atoms with E-state index < -0.39 is 29.4 Å². The van der Waals surface area contributed by atoms with E-state index in [1.165, 1.54) is 29.2 Å². The summed E-state index contributed by atoms with van der Waals surface area (Å²) in [7, 11) is 0. The van der Waals surface area contributed by atoms with Gasteiger partial charge in [0.05, 0.1) is 10.6 Å². The first kappa shape index (κ1) is 23.8. The molecule has 1 aromatic carbocycles. The van der Waals surface area contributed by atoms with Gasteiger partial charge in [-0.25, -0.2) is 9.37 Å². The molecule has 0 unspecified atom stereocenters. The Hall–Kier alpha value is -2.88. The number of piperidine rings is 1. The molecule has 1 aromatic heterocycles. The maximum atomic E-state index is 13.3. The summed E-state index contributed by atoms with van der Waals surface area (Å²) in [6.45, 7) is 0.787. The average molecular weight is 473 g/mol. The molecule has 1 saturated heterocycles. The van der Waals surface area contributed by atoms with E-state index in [9.17, 15) is 27.2 Å². The fourth-order valence-corrected chi connectivity index (χ4v) is 3.87. The molecule has 32 heavy (non-hydrogen) atoms. The van der Waals surface area contributed by atoms with Crippen LogP contribution in [-0.2, 0) is 15.8 Å². The zero-order valence-electron chi connectivity index (χ0n) is 16.9. The summed E-state index contributed by atoms with van der Waals surface area (Å²) in [5, 5.41) is -0.112. The Balaban J connectivity index is 1.70. The maximum absolute atomic E-state index is 13.3. The fraction of sp³-hybridized carbons (Fsp3) is 0.381. The number of alkyl halides is 3. The number of nitrogens with two attached hydrogens (primary N) is 1. The van der Waals surface area contributed by atoms with Crippen molar-refractivity contribution in [2.75, 3.05) is 29.4 Å². The molecule has 0 radical (unpaired) electrons. The normalized spacial score (nSPS) is 15.0. The van der Waals surface area contributed by atoms with Crippen LogP contribution >= 0.6 is 11.6 Å². The minimum absolute atomic E-state index is 0.0486. The number of hydrogen-bond donors (Lipinski definition) is 1. The van der Waals surface area contributed by atoms with Crippen LogP contribution in [0.3, 0.4) is 0 Å². The number of pyridine rings is 1. The van der Waals surface area contributed by atoms with Crippen LogP contribution < -0.4 is 15.5 Å². The van der Waals surface area contributed by atoms with Gasteiger partial charge < -0.3 is 15.5 Å². The molecule has 0 atom stereocenters. The first-order valence-corrected chi connectivity index (χ1v) is 10.3. The summed E-state index contributed by atoms with van der Waals surface area (Å²) in [5.41, 5.74) is 4.74. The molecular formula is C21H21ClF4N4O2. The monoisotopic (exact) mass is 472 g/mol. The molecule has 2 aromatic rings. The molecule has 172 valence electrons.